The number of nitrogens with one attached hydrogen (secondary N) is 1. The molecule has 0 unspecified atom stereocenters. The Balaban J connectivity index is 2.70. The van der Waals surface area contributed by atoms with Gasteiger partial charge in [-0.1, -0.05) is 17.7 Å². The minimum absolute atomic E-state index is 0.533. The first-order valence-electron chi connectivity index (χ1n) is 6.52. The van der Waals surface area contributed by atoms with Crippen LogP contribution in [0.25, 0.3) is 0 Å². The first-order chi connectivity index (χ1) is 9.72. The summed E-state index contributed by atoms with van der Waals surface area (Å²) in [4.78, 5) is 0. The number of hydrogen-bond acceptors (Lipinski definition) is 4. The third kappa shape index (κ3) is 5.41. The Morgan fingerprint density at radius 1 is 1.30 bits per heavy atom. The number of rotatable bonds is 10. The fourth-order valence-electron chi connectivity index (χ4n) is 1.67. The van der Waals surface area contributed by atoms with E-state index in [9.17, 15) is 0 Å². The highest BCUT2D eigenvalue weighted by atomic mass is 35.5. The zero-order chi connectivity index (χ0) is 14.8. The molecule has 0 saturated heterocycles. The van der Waals surface area contributed by atoms with Gasteiger partial charge in [-0.25, -0.2) is 0 Å². The van der Waals surface area contributed by atoms with Crippen molar-refractivity contribution < 1.29 is 14.2 Å². The molecule has 0 radical (unpaired) electrons. The molecule has 1 aromatic carbocycles. The van der Waals surface area contributed by atoms with Crippen molar-refractivity contribution in [3.8, 4) is 11.5 Å². The zero-order valence-corrected chi connectivity index (χ0v) is 12.8. The van der Waals surface area contributed by atoms with E-state index in [1.165, 1.54) is 0 Å². The Labute approximate surface area is 125 Å². The Bertz CT molecular complexity index is 424. The van der Waals surface area contributed by atoms with E-state index in [0.717, 1.165) is 18.5 Å². The fourth-order valence-corrected chi connectivity index (χ4v) is 1.95. The highest BCUT2D eigenvalue weighted by Gasteiger charge is 2.11. The van der Waals surface area contributed by atoms with Crippen LogP contribution < -0.4 is 14.8 Å². The second kappa shape index (κ2) is 9.64. The first-order valence-corrected chi connectivity index (χ1v) is 6.90. The molecular formula is C15H22ClNO3. The largest absolute Gasteiger partial charge is 0.493 e. The van der Waals surface area contributed by atoms with E-state index in [1.54, 1.807) is 20.3 Å². The topological polar surface area (TPSA) is 39.7 Å². The summed E-state index contributed by atoms with van der Waals surface area (Å²) in [6.45, 7) is 6.35. The molecule has 0 spiro atoms. The second-order valence-corrected chi connectivity index (χ2v) is 4.61. The van der Waals surface area contributed by atoms with Gasteiger partial charge in [0.05, 0.1) is 25.3 Å². The molecule has 0 saturated carbocycles. The van der Waals surface area contributed by atoms with E-state index in [0.29, 0.717) is 36.3 Å². The maximum Gasteiger partial charge on any atom is 0.179 e. The predicted molar refractivity (Wildman–Crippen MR) is 81.9 cm³/mol. The van der Waals surface area contributed by atoms with E-state index >= 15 is 0 Å². The lowest BCUT2D eigenvalue weighted by atomic mass is 10.2. The SMILES string of the molecule is C=CCCOc1c(Cl)cc(CNCCOC)cc1OC. The Morgan fingerprint density at radius 2 is 2.10 bits per heavy atom. The quantitative estimate of drug-likeness (QED) is 0.532. The summed E-state index contributed by atoms with van der Waals surface area (Å²) in [7, 11) is 3.28. The number of halogens is 1. The number of methoxy groups -OCH3 is 2. The van der Waals surface area contributed by atoms with Gasteiger partial charge in [0.2, 0.25) is 0 Å². The summed E-state index contributed by atoms with van der Waals surface area (Å²) in [5.74, 6) is 1.22. The predicted octanol–water partition coefficient (Wildman–Crippen LogP) is 3.04. The monoisotopic (exact) mass is 299 g/mol. The first kappa shape index (κ1) is 16.8. The van der Waals surface area contributed by atoms with Crippen LogP contribution in [-0.4, -0.2) is 34.0 Å². The van der Waals surface area contributed by atoms with E-state index in [2.05, 4.69) is 11.9 Å². The third-order valence-electron chi connectivity index (χ3n) is 2.67. The standard InChI is InChI=1S/C15H22ClNO3/c1-4-5-7-20-15-13(16)9-12(10-14(15)19-3)11-17-6-8-18-2/h4,9-10,17H,1,5-8,11H2,2-3H3. The van der Waals surface area contributed by atoms with Gasteiger partial charge in [-0.2, -0.15) is 0 Å². The van der Waals surface area contributed by atoms with Crippen LogP contribution in [0.15, 0.2) is 24.8 Å². The van der Waals surface area contributed by atoms with Crippen molar-refractivity contribution in [2.75, 3.05) is 34.0 Å². The molecule has 20 heavy (non-hydrogen) atoms. The molecule has 0 atom stereocenters. The molecule has 1 rings (SSSR count). The number of hydrogen-bond donors (Lipinski definition) is 1. The number of benzene rings is 1. The summed E-state index contributed by atoms with van der Waals surface area (Å²) in [6.07, 6.45) is 2.56. The highest BCUT2D eigenvalue weighted by Crippen LogP contribution is 2.36. The van der Waals surface area contributed by atoms with Crippen molar-refractivity contribution in [1.82, 2.24) is 5.32 Å². The van der Waals surface area contributed by atoms with Crippen molar-refractivity contribution in [3.63, 3.8) is 0 Å². The molecule has 0 aliphatic heterocycles. The fraction of sp³-hybridized carbons (Fsp3) is 0.467. The molecule has 4 nitrogen and oxygen atoms in total. The van der Waals surface area contributed by atoms with E-state index in [1.807, 2.05) is 12.1 Å². The summed E-state index contributed by atoms with van der Waals surface area (Å²) in [6, 6.07) is 3.81. The molecule has 0 amide bonds. The Kier molecular flexibility index (Phi) is 8.11. The molecule has 5 heteroatoms. The van der Waals surface area contributed by atoms with E-state index in [-0.39, 0.29) is 0 Å². The van der Waals surface area contributed by atoms with Crippen LogP contribution in [-0.2, 0) is 11.3 Å². The van der Waals surface area contributed by atoms with Crippen LogP contribution in [0.1, 0.15) is 12.0 Å². The van der Waals surface area contributed by atoms with Gasteiger partial charge in [-0.3, -0.25) is 0 Å². The lowest BCUT2D eigenvalue weighted by Gasteiger charge is -2.14. The van der Waals surface area contributed by atoms with Crippen molar-refractivity contribution in [2.45, 2.75) is 13.0 Å². The van der Waals surface area contributed by atoms with Gasteiger partial charge in [0.25, 0.3) is 0 Å². The molecule has 0 bridgehead atoms. The molecule has 112 valence electrons. The highest BCUT2D eigenvalue weighted by molar-refractivity contribution is 6.32. The van der Waals surface area contributed by atoms with Gasteiger partial charge in [0.1, 0.15) is 0 Å². The summed E-state index contributed by atoms with van der Waals surface area (Å²) >= 11 is 6.25. The Morgan fingerprint density at radius 3 is 2.75 bits per heavy atom. The third-order valence-corrected chi connectivity index (χ3v) is 2.95. The molecule has 1 aromatic rings. The van der Waals surface area contributed by atoms with Gasteiger partial charge in [-0.15, -0.1) is 6.58 Å². The van der Waals surface area contributed by atoms with Crippen LogP contribution in [0.2, 0.25) is 5.02 Å². The minimum Gasteiger partial charge on any atom is -0.493 e. The van der Waals surface area contributed by atoms with Gasteiger partial charge in [0.15, 0.2) is 11.5 Å². The zero-order valence-electron chi connectivity index (χ0n) is 12.1. The lowest BCUT2D eigenvalue weighted by Crippen LogP contribution is -2.18. The van der Waals surface area contributed by atoms with Crippen LogP contribution in [0.3, 0.4) is 0 Å². The van der Waals surface area contributed by atoms with E-state index in [4.69, 9.17) is 25.8 Å². The summed E-state index contributed by atoms with van der Waals surface area (Å²) in [5.41, 5.74) is 1.04. The number of ether oxygens (including phenoxy) is 3. The van der Waals surface area contributed by atoms with Crippen molar-refractivity contribution in [3.05, 3.63) is 35.4 Å². The van der Waals surface area contributed by atoms with Gasteiger partial charge >= 0.3 is 0 Å². The van der Waals surface area contributed by atoms with Crippen molar-refractivity contribution in [1.29, 1.82) is 0 Å². The smallest absolute Gasteiger partial charge is 0.179 e. The van der Waals surface area contributed by atoms with Gasteiger partial charge in [0, 0.05) is 20.2 Å². The van der Waals surface area contributed by atoms with Crippen LogP contribution in [0.4, 0.5) is 0 Å². The minimum atomic E-state index is 0.533. The normalized spacial score (nSPS) is 10.3. The average Bonchev–Trinajstić information content (AvgIpc) is 2.45. The van der Waals surface area contributed by atoms with Crippen LogP contribution in [0, 0.1) is 0 Å². The van der Waals surface area contributed by atoms with Gasteiger partial charge < -0.3 is 19.5 Å². The molecular weight excluding hydrogens is 278 g/mol. The maximum absolute atomic E-state index is 6.25. The second-order valence-electron chi connectivity index (χ2n) is 4.20. The van der Waals surface area contributed by atoms with Crippen molar-refractivity contribution >= 4 is 11.6 Å². The molecule has 0 aromatic heterocycles. The van der Waals surface area contributed by atoms with Crippen LogP contribution in [0.5, 0.6) is 11.5 Å². The van der Waals surface area contributed by atoms with Crippen LogP contribution >= 0.6 is 11.6 Å². The summed E-state index contributed by atoms with van der Waals surface area (Å²) < 4.78 is 15.9. The summed E-state index contributed by atoms with van der Waals surface area (Å²) in [5, 5.41) is 3.81. The lowest BCUT2D eigenvalue weighted by molar-refractivity contribution is 0.199. The molecule has 0 aliphatic carbocycles. The molecule has 0 aliphatic rings. The van der Waals surface area contributed by atoms with E-state index < -0.39 is 0 Å². The Hall–Kier alpha value is -1.23. The average molecular weight is 300 g/mol. The van der Waals surface area contributed by atoms with Gasteiger partial charge in [-0.05, 0) is 24.1 Å². The molecule has 1 N–H and O–H groups in total. The molecule has 0 fully saturated rings. The molecule has 0 heterocycles. The maximum atomic E-state index is 6.25. The van der Waals surface area contributed by atoms with Crippen molar-refractivity contribution in [2.24, 2.45) is 0 Å².